The molecule has 1 N–H and O–H groups in total. The first kappa shape index (κ1) is 28.3. The van der Waals surface area contributed by atoms with Crippen molar-refractivity contribution in [3.05, 3.63) is 101 Å². The van der Waals surface area contributed by atoms with Gasteiger partial charge in [-0.1, -0.05) is 36.4 Å². The highest BCUT2D eigenvalue weighted by atomic mass is 19.1. The number of carbonyl (C=O) groups is 2. The van der Waals surface area contributed by atoms with E-state index in [0.717, 1.165) is 18.7 Å². The summed E-state index contributed by atoms with van der Waals surface area (Å²) in [5, 5.41) is 11.3. The molecule has 0 spiro atoms. The quantitative estimate of drug-likeness (QED) is 0.221. The zero-order chi connectivity index (χ0) is 28.8. The maximum atomic E-state index is 13.6. The van der Waals surface area contributed by atoms with Crippen molar-refractivity contribution in [2.75, 3.05) is 46.0 Å². The summed E-state index contributed by atoms with van der Waals surface area (Å²) in [7, 11) is 0. The van der Waals surface area contributed by atoms with E-state index in [1.54, 1.807) is 18.2 Å². The highest BCUT2D eigenvalue weighted by Crippen LogP contribution is 2.42. The molecule has 2 saturated heterocycles. The van der Waals surface area contributed by atoms with E-state index in [4.69, 9.17) is 14.2 Å². The van der Waals surface area contributed by atoms with Crippen LogP contribution >= 0.6 is 0 Å². The van der Waals surface area contributed by atoms with Gasteiger partial charge in [0.05, 0.1) is 31.4 Å². The Morgan fingerprint density at radius 1 is 0.951 bits per heavy atom. The lowest BCUT2D eigenvalue weighted by atomic mass is 9.95. The second-order valence-electron chi connectivity index (χ2n) is 9.87. The van der Waals surface area contributed by atoms with Crippen LogP contribution in [0.25, 0.3) is 5.76 Å². The van der Waals surface area contributed by atoms with Gasteiger partial charge >= 0.3 is 0 Å². The van der Waals surface area contributed by atoms with E-state index >= 15 is 0 Å². The van der Waals surface area contributed by atoms with Gasteiger partial charge in [0.2, 0.25) is 0 Å². The molecule has 0 saturated carbocycles. The SMILES string of the molecule is CCOc1cc(C2C(=C(O)c3ccc(F)cc3)C(=O)C(=O)N2CCN2CCOCC2)ccc1OCc1ccccc1. The van der Waals surface area contributed by atoms with E-state index in [-0.39, 0.29) is 23.4 Å². The maximum Gasteiger partial charge on any atom is 0.295 e. The first-order valence-electron chi connectivity index (χ1n) is 13.7. The minimum atomic E-state index is -0.872. The molecule has 41 heavy (non-hydrogen) atoms. The molecule has 5 rings (SSSR count). The van der Waals surface area contributed by atoms with Gasteiger partial charge in [0.15, 0.2) is 11.5 Å². The Balaban J connectivity index is 1.52. The van der Waals surface area contributed by atoms with Crippen LogP contribution in [0.3, 0.4) is 0 Å². The average molecular weight is 561 g/mol. The topological polar surface area (TPSA) is 88.5 Å². The maximum absolute atomic E-state index is 13.6. The lowest BCUT2D eigenvalue weighted by Gasteiger charge is -2.31. The summed E-state index contributed by atoms with van der Waals surface area (Å²) in [6.45, 7) is 6.05. The standard InChI is InChI=1S/C32H33FN2O6/c1-2-40-27-20-24(10-13-26(27)41-21-22-6-4-3-5-7-22)29-28(30(36)23-8-11-25(33)12-9-23)31(37)32(38)35(29)15-14-34-16-18-39-19-17-34/h3-13,20,29,36H,2,14-19,21H2,1H3. The van der Waals surface area contributed by atoms with Crippen molar-refractivity contribution in [1.29, 1.82) is 0 Å². The van der Waals surface area contributed by atoms with Crippen LogP contribution in [0.15, 0.2) is 78.4 Å². The molecular weight excluding hydrogens is 527 g/mol. The fourth-order valence-electron chi connectivity index (χ4n) is 5.11. The number of hydrogen-bond donors (Lipinski definition) is 1. The molecule has 0 aliphatic carbocycles. The number of halogens is 1. The summed E-state index contributed by atoms with van der Waals surface area (Å²) in [5.41, 5.74) is 1.78. The summed E-state index contributed by atoms with van der Waals surface area (Å²) >= 11 is 0. The molecule has 0 aromatic heterocycles. The number of amides is 1. The third-order valence-electron chi connectivity index (χ3n) is 7.24. The summed E-state index contributed by atoms with van der Waals surface area (Å²) in [6.07, 6.45) is 0. The predicted molar refractivity (Wildman–Crippen MR) is 151 cm³/mol. The van der Waals surface area contributed by atoms with E-state index < -0.39 is 23.5 Å². The van der Waals surface area contributed by atoms with E-state index in [1.807, 2.05) is 37.3 Å². The molecule has 1 amide bonds. The number of aliphatic hydroxyl groups is 1. The highest BCUT2D eigenvalue weighted by molar-refractivity contribution is 6.46. The van der Waals surface area contributed by atoms with Gasteiger partial charge in [-0.15, -0.1) is 0 Å². The lowest BCUT2D eigenvalue weighted by molar-refractivity contribution is -0.140. The van der Waals surface area contributed by atoms with Crippen LogP contribution in [0.4, 0.5) is 4.39 Å². The number of likely N-dealkylation sites (tertiary alicyclic amines) is 1. The highest BCUT2D eigenvalue weighted by Gasteiger charge is 2.46. The molecule has 2 heterocycles. The number of carbonyl (C=O) groups excluding carboxylic acids is 2. The van der Waals surface area contributed by atoms with E-state index in [2.05, 4.69) is 4.90 Å². The predicted octanol–water partition coefficient (Wildman–Crippen LogP) is 4.56. The van der Waals surface area contributed by atoms with Crippen molar-refractivity contribution in [3.8, 4) is 11.5 Å². The normalized spacial score (nSPS) is 19.0. The summed E-state index contributed by atoms with van der Waals surface area (Å²) in [6, 6.07) is 19.3. The van der Waals surface area contributed by atoms with Gasteiger partial charge in [-0.2, -0.15) is 0 Å². The van der Waals surface area contributed by atoms with Crippen LogP contribution in [0, 0.1) is 5.82 Å². The van der Waals surface area contributed by atoms with Crippen LogP contribution in [-0.4, -0.2) is 72.6 Å². The van der Waals surface area contributed by atoms with Crippen LogP contribution in [-0.2, 0) is 20.9 Å². The molecule has 8 nitrogen and oxygen atoms in total. The number of rotatable bonds is 10. The number of Topliss-reactive ketones (excluding diaryl/α,β-unsaturated/α-hetero) is 1. The zero-order valence-electron chi connectivity index (χ0n) is 22.9. The number of nitrogens with zero attached hydrogens (tertiary/aromatic N) is 2. The number of morpholine rings is 1. The van der Waals surface area contributed by atoms with Gasteiger partial charge in [0.1, 0.15) is 18.2 Å². The first-order valence-corrected chi connectivity index (χ1v) is 13.7. The van der Waals surface area contributed by atoms with Crippen LogP contribution in [0.5, 0.6) is 11.5 Å². The fraction of sp³-hybridized carbons (Fsp3) is 0.312. The second-order valence-corrected chi connectivity index (χ2v) is 9.87. The molecule has 214 valence electrons. The van der Waals surface area contributed by atoms with Gasteiger partial charge in [0.25, 0.3) is 11.7 Å². The smallest absolute Gasteiger partial charge is 0.295 e. The van der Waals surface area contributed by atoms with Gasteiger partial charge in [-0.3, -0.25) is 14.5 Å². The van der Waals surface area contributed by atoms with Crippen LogP contribution < -0.4 is 9.47 Å². The lowest BCUT2D eigenvalue weighted by Crippen LogP contribution is -2.42. The van der Waals surface area contributed by atoms with E-state index in [9.17, 15) is 19.1 Å². The Morgan fingerprint density at radius 2 is 1.68 bits per heavy atom. The van der Waals surface area contributed by atoms with Crippen molar-refractivity contribution in [1.82, 2.24) is 9.80 Å². The third kappa shape index (κ3) is 6.42. The monoisotopic (exact) mass is 560 g/mol. The first-order chi connectivity index (χ1) is 20.0. The van der Waals surface area contributed by atoms with Crippen molar-refractivity contribution >= 4 is 17.4 Å². The molecule has 2 fully saturated rings. The molecule has 3 aromatic carbocycles. The Morgan fingerprint density at radius 3 is 2.39 bits per heavy atom. The molecule has 0 bridgehead atoms. The molecule has 9 heteroatoms. The summed E-state index contributed by atoms with van der Waals surface area (Å²) < 4.78 is 31.0. The van der Waals surface area contributed by atoms with E-state index in [0.29, 0.717) is 50.0 Å². The number of aliphatic hydroxyl groups excluding tert-OH is 1. The Labute approximate surface area is 238 Å². The Bertz CT molecular complexity index is 1400. The van der Waals surface area contributed by atoms with Crippen molar-refractivity contribution in [2.24, 2.45) is 0 Å². The largest absolute Gasteiger partial charge is 0.507 e. The Hall–Kier alpha value is -4.21. The second kappa shape index (κ2) is 13.0. The molecule has 1 atom stereocenters. The molecule has 2 aliphatic rings. The number of hydrogen-bond acceptors (Lipinski definition) is 7. The third-order valence-corrected chi connectivity index (χ3v) is 7.24. The van der Waals surface area contributed by atoms with E-state index in [1.165, 1.54) is 29.2 Å². The molecule has 2 aliphatic heterocycles. The summed E-state index contributed by atoms with van der Waals surface area (Å²) in [5.74, 6) is -1.35. The molecule has 0 radical (unpaired) electrons. The van der Waals surface area contributed by atoms with Gasteiger partial charge in [-0.25, -0.2) is 4.39 Å². The van der Waals surface area contributed by atoms with Crippen molar-refractivity contribution < 1.29 is 33.3 Å². The minimum absolute atomic E-state index is 0.0519. The van der Waals surface area contributed by atoms with Gasteiger partial charge in [0, 0.05) is 31.7 Å². The fourth-order valence-corrected chi connectivity index (χ4v) is 5.11. The Kier molecular flexibility index (Phi) is 8.96. The van der Waals surface area contributed by atoms with Gasteiger partial charge < -0.3 is 24.2 Å². The van der Waals surface area contributed by atoms with Crippen molar-refractivity contribution in [3.63, 3.8) is 0 Å². The molecule has 3 aromatic rings. The van der Waals surface area contributed by atoms with Crippen LogP contribution in [0.2, 0.25) is 0 Å². The average Bonchev–Trinajstić information content (AvgIpc) is 3.25. The van der Waals surface area contributed by atoms with Crippen LogP contribution in [0.1, 0.15) is 29.7 Å². The molecular formula is C32H33FN2O6. The van der Waals surface area contributed by atoms with Gasteiger partial charge in [-0.05, 0) is 54.4 Å². The summed E-state index contributed by atoms with van der Waals surface area (Å²) in [4.78, 5) is 30.4. The minimum Gasteiger partial charge on any atom is -0.507 e. The number of ether oxygens (including phenoxy) is 3. The molecule has 1 unspecified atom stereocenters. The number of ketones is 1. The number of benzene rings is 3. The van der Waals surface area contributed by atoms with Crippen molar-refractivity contribution in [2.45, 2.75) is 19.6 Å². The zero-order valence-corrected chi connectivity index (χ0v) is 22.9.